The van der Waals surface area contributed by atoms with Crippen molar-refractivity contribution in [2.75, 3.05) is 0 Å². The van der Waals surface area contributed by atoms with Gasteiger partial charge in [0.2, 0.25) is 0 Å². The van der Waals surface area contributed by atoms with Crippen LogP contribution in [0.3, 0.4) is 0 Å². The predicted octanol–water partition coefficient (Wildman–Crippen LogP) is 3.66. The summed E-state index contributed by atoms with van der Waals surface area (Å²) in [5.41, 5.74) is 5.81. The Morgan fingerprint density at radius 3 is 2.68 bits per heavy atom. The van der Waals surface area contributed by atoms with Gasteiger partial charge in [0.25, 0.3) is 0 Å². The molecule has 1 fully saturated rings. The van der Waals surface area contributed by atoms with Crippen molar-refractivity contribution in [2.24, 2.45) is 17.6 Å². The Hall–Kier alpha value is -1.16. The lowest BCUT2D eigenvalue weighted by atomic mass is 9.80. The summed E-state index contributed by atoms with van der Waals surface area (Å²) in [6.45, 7) is 4.50. The van der Waals surface area contributed by atoms with Gasteiger partial charge >= 0.3 is 0 Å². The highest BCUT2D eigenvalue weighted by Crippen LogP contribution is 2.33. The summed E-state index contributed by atoms with van der Waals surface area (Å²) in [6.07, 6.45) is 3.26. The fraction of sp³-hybridized carbons (Fsp3) is 0.533. The van der Waals surface area contributed by atoms with E-state index < -0.39 is 5.82 Å². The van der Waals surface area contributed by atoms with Crippen LogP contribution in [0.2, 0.25) is 0 Å². The normalized spacial score (nSPS) is 27.0. The van der Waals surface area contributed by atoms with Crippen molar-refractivity contribution in [3.05, 3.63) is 29.6 Å². The van der Waals surface area contributed by atoms with E-state index in [0.717, 1.165) is 25.2 Å². The van der Waals surface area contributed by atoms with Crippen LogP contribution >= 0.6 is 12.2 Å². The van der Waals surface area contributed by atoms with Crippen molar-refractivity contribution in [3.8, 4) is 5.75 Å². The van der Waals surface area contributed by atoms with Crippen LogP contribution in [-0.4, -0.2) is 11.1 Å². The summed E-state index contributed by atoms with van der Waals surface area (Å²) < 4.78 is 19.7. The molecule has 0 radical (unpaired) electrons. The average molecular weight is 281 g/mol. The number of thiocarbonyl (C=S) groups is 1. The van der Waals surface area contributed by atoms with Crippen LogP contribution < -0.4 is 10.5 Å². The van der Waals surface area contributed by atoms with Crippen molar-refractivity contribution in [1.82, 2.24) is 0 Å². The first-order valence-corrected chi connectivity index (χ1v) is 7.14. The molecule has 0 bridgehead atoms. The maximum Gasteiger partial charge on any atom is 0.137 e. The lowest BCUT2D eigenvalue weighted by Crippen LogP contribution is -2.29. The van der Waals surface area contributed by atoms with Crippen molar-refractivity contribution >= 4 is 17.2 Å². The first-order valence-electron chi connectivity index (χ1n) is 6.74. The highest BCUT2D eigenvalue weighted by molar-refractivity contribution is 7.80. The Morgan fingerprint density at radius 2 is 2.05 bits per heavy atom. The van der Waals surface area contributed by atoms with Gasteiger partial charge in [0.05, 0.1) is 11.7 Å². The zero-order valence-electron chi connectivity index (χ0n) is 11.4. The van der Waals surface area contributed by atoms with E-state index in [4.69, 9.17) is 22.7 Å². The Kier molecular flexibility index (Phi) is 4.40. The third kappa shape index (κ3) is 3.24. The largest absolute Gasteiger partial charge is 0.490 e. The molecular weight excluding hydrogens is 261 g/mol. The molecule has 2 N–H and O–H groups in total. The average Bonchev–Trinajstić information content (AvgIpc) is 2.33. The molecule has 3 unspecified atom stereocenters. The van der Waals surface area contributed by atoms with Crippen molar-refractivity contribution < 1.29 is 9.13 Å². The van der Waals surface area contributed by atoms with Gasteiger partial charge in [0.15, 0.2) is 0 Å². The fourth-order valence-corrected chi connectivity index (χ4v) is 2.82. The molecule has 1 aromatic carbocycles. The second-order valence-corrected chi connectivity index (χ2v) is 5.92. The number of hydrogen-bond donors (Lipinski definition) is 1. The number of hydrogen-bond acceptors (Lipinski definition) is 2. The number of benzene rings is 1. The van der Waals surface area contributed by atoms with Gasteiger partial charge in [-0.25, -0.2) is 4.39 Å². The Balaban J connectivity index is 2.15. The van der Waals surface area contributed by atoms with Gasteiger partial charge in [0.1, 0.15) is 16.6 Å². The van der Waals surface area contributed by atoms with E-state index in [1.165, 1.54) is 6.07 Å². The van der Waals surface area contributed by atoms with Gasteiger partial charge in [-0.3, -0.25) is 0 Å². The Bertz CT molecular complexity index is 477. The second kappa shape index (κ2) is 5.87. The molecule has 0 aliphatic heterocycles. The number of ether oxygens (including phenoxy) is 1. The van der Waals surface area contributed by atoms with Crippen molar-refractivity contribution in [1.29, 1.82) is 0 Å². The highest BCUT2D eigenvalue weighted by atomic mass is 32.1. The Labute approximate surface area is 119 Å². The lowest BCUT2D eigenvalue weighted by Gasteiger charge is -2.32. The predicted molar refractivity (Wildman–Crippen MR) is 78.9 cm³/mol. The van der Waals surface area contributed by atoms with Crippen molar-refractivity contribution in [2.45, 2.75) is 39.2 Å². The van der Waals surface area contributed by atoms with E-state index in [-0.39, 0.29) is 16.7 Å². The van der Waals surface area contributed by atoms with Crippen LogP contribution in [0, 0.1) is 17.7 Å². The maximum absolute atomic E-state index is 13.7. The third-order valence-electron chi connectivity index (χ3n) is 4.07. The molecule has 0 spiro atoms. The highest BCUT2D eigenvalue weighted by Gasteiger charge is 2.26. The Morgan fingerprint density at radius 1 is 1.32 bits per heavy atom. The molecule has 1 aliphatic carbocycles. The molecule has 1 aliphatic rings. The maximum atomic E-state index is 13.7. The fourth-order valence-electron chi connectivity index (χ4n) is 2.63. The molecule has 0 amide bonds. The molecule has 0 heterocycles. The summed E-state index contributed by atoms with van der Waals surface area (Å²) >= 11 is 4.90. The van der Waals surface area contributed by atoms with E-state index in [2.05, 4.69) is 13.8 Å². The number of nitrogens with two attached hydrogens (primary N) is 1. The summed E-state index contributed by atoms with van der Waals surface area (Å²) in [6, 6.07) is 4.72. The minimum Gasteiger partial charge on any atom is -0.490 e. The molecular formula is C15H20FNOS. The van der Waals surface area contributed by atoms with E-state index in [1.807, 2.05) is 0 Å². The first kappa shape index (κ1) is 14.3. The molecule has 2 nitrogen and oxygen atoms in total. The van der Waals surface area contributed by atoms with E-state index in [9.17, 15) is 4.39 Å². The van der Waals surface area contributed by atoms with E-state index >= 15 is 0 Å². The molecule has 3 atom stereocenters. The van der Waals surface area contributed by atoms with Gasteiger partial charge < -0.3 is 10.5 Å². The van der Waals surface area contributed by atoms with Crippen LogP contribution in [-0.2, 0) is 0 Å². The zero-order valence-corrected chi connectivity index (χ0v) is 12.2. The molecule has 1 aromatic rings. The second-order valence-electron chi connectivity index (χ2n) is 5.48. The standard InChI is InChI=1S/C15H20FNOS/c1-9-6-7-11(8-10(9)2)18-13-5-3-4-12(16)14(13)15(17)19/h3-5,9-11H,6-8H2,1-2H3,(H2,17,19). The molecule has 19 heavy (non-hydrogen) atoms. The van der Waals surface area contributed by atoms with Crippen molar-refractivity contribution in [3.63, 3.8) is 0 Å². The lowest BCUT2D eigenvalue weighted by molar-refractivity contribution is 0.100. The van der Waals surface area contributed by atoms with Crippen LogP contribution in [0.5, 0.6) is 5.75 Å². The van der Waals surface area contributed by atoms with Gasteiger partial charge in [-0.05, 0) is 43.2 Å². The minimum atomic E-state index is -0.415. The molecule has 1 saturated carbocycles. The van der Waals surface area contributed by atoms with E-state index in [1.54, 1.807) is 12.1 Å². The van der Waals surface area contributed by atoms with Crippen LogP contribution in [0.4, 0.5) is 4.39 Å². The third-order valence-corrected chi connectivity index (χ3v) is 4.27. The number of rotatable bonds is 3. The molecule has 0 saturated heterocycles. The first-order chi connectivity index (χ1) is 8.99. The quantitative estimate of drug-likeness (QED) is 0.859. The van der Waals surface area contributed by atoms with Crippen LogP contribution in [0.15, 0.2) is 18.2 Å². The number of halogens is 1. The smallest absolute Gasteiger partial charge is 0.137 e. The monoisotopic (exact) mass is 281 g/mol. The van der Waals surface area contributed by atoms with Crippen LogP contribution in [0.25, 0.3) is 0 Å². The van der Waals surface area contributed by atoms with Crippen LogP contribution in [0.1, 0.15) is 38.7 Å². The van der Waals surface area contributed by atoms with Gasteiger partial charge in [-0.15, -0.1) is 0 Å². The molecule has 4 heteroatoms. The summed E-state index contributed by atoms with van der Waals surface area (Å²) in [5.74, 6) is 1.41. The summed E-state index contributed by atoms with van der Waals surface area (Å²) in [5, 5.41) is 0. The van der Waals surface area contributed by atoms with Gasteiger partial charge in [-0.1, -0.05) is 32.1 Å². The summed E-state index contributed by atoms with van der Waals surface area (Å²) in [7, 11) is 0. The van der Waals surface area contributed by atoms with E-state index in [0.29, 0.717) is 11.7 Å². The topological polar surface area (TPSA) is 35.2 Å². The SMILES string of the molecule is CC1CCC(Oc2cccc(F)c2C(N)=S)CC1C. The summed E-state index contributed by atoms with van der Waals surface area (Å²) in [4.78, 5) is 0.0466. The molecule has 104 valence electrons. The molecule has 0 aromatic heterocycles. The minimum absolute atomic E-state index is 0.0466. The molecule has 2 rings (SSSR count). The zero-order chi connectivity index (χ0) is 14.0. The van der Waals surface area contributed by atoms with Gasteiger partial charge in [0, 0.05) is 0 Å². The van der Waals surface area contributed by atoms with Gasteiger partial charge in [-0.2, -0.15) is 0 Å².